The number of hydrogen-bond donors (Lipinski definition) is 1. The summed E-state index contributed by atoms with van der Waals surface area (Å²) in [5.74, 6) is -0.141. The molecule has 1 aromatic heterocycles. The highest BCUT2D eigenvalue weighted by molar-refractivity contribution is 5.92. The van der Waals surface area contributed by atoms with Crippen LogP contribution in [0.25, 0.3) is 0 Å². The van der Waals surface area contributed by atoms with Crippen LogP contribution >= 0.6 is 0 Å². The molecule has 1 N–H and O–H groups in total. The van der Waals surface area contributed by atoms with Gasteiger partial charge in [-0.3, -0.25) is 9.78 Å². The molecule has 0 fully saturated rings. The number of amides is 1. The van der Waals surface area contributed by atoms with Gasteiger partial charge in [-0.05, 0) is 29.7 Å². The number of hydrogen-bond acceptors (Lipinski definition) is 2. The molecule has 1 aromatic carbocycles. The van der Waals surface area contributed by atoms with E-state index in [-0.39, 0.29) is 5.91 Å². The van der Waals surface area contributed by atoms with Crippen molar-refractivity contribution < 1.29 is 4.79 Å². The minimum absolute atomic E-state index is 0.141. The Hall–Kier alpha value is -2.16. The van der Waals surface area contributed by atoms with Gasteiger partial charge in [0.1, 0.15) is 5.69 Å². The molecular formula is C16H18N2O. The lowest BCUT2D eigenvalue weighted by molar-refractivity contribution is 0.0946. The summed E-state index contributed by atoms with van der Waals surface area (Å²) in [4.78, 5) is 15.8. The molecule has 3 heteroatoms. The number of carbonyl (C=O) groups excluding carboxylic acids is 1. The molecule has 3 nitrogen and oxygen atoms in total. The lowest BCUT2D eigenvalue weighted by atomic mass is 10.1. The van der Waals surface area contributed by atoms with Crippen molar-refractivity contribution in [1.82, 2.24) is 10.3 Å². The molecule has 0 aliphatic heterocycles. The Bertz CT molecular complexity index is 520. The number of nitrogens with one attached hydrogen (secondary N) is 1. The molecule has 2 rings (SSSR count). The van der Waals surface area contributed by atoms with Gasteiger partial charge in [-0.15, -0.1) is 0 Å². The van der Waals surface area contributed by atoms with Gasteiger partial charge in [0.15, 0.2) is 0 Å². The van der Waals surface area contributed by atoms with Gasteiger partial charge in [0, 0.05) is 12.7 Å². The van der Waals surface area contributed by atoms with Crippen molar-refractivity contribution in [3.05, 3.63) is 65.5 Å². The zero-order valence-corrected chi connectivity index (χ0v) is 11.1. The molecule has 0 unspecified atom stereocenters. The molecule has 0 spiro atoms. The number of aryl methyl sites for hydroxylation is 1. The van der Waals surface area contributed by atoms with Crippen molar-refractivity contribution >= 4 is 5.91 Å². The maximum atomic E-state index is 11.8. The Morgan fingerprint density at radius 1 is 1.11 bits per heavy atom. The van der Waals surface area contributed by atoms with Crippen molar-refractivity contribution in [1.29, 1.82) is 0 Å². The van der Waals surface area contributed by atoms with Crippen LogP contribution < -0.4 is 5.32 Å². The second-order valence-corrected chi connectivity index (χ2v) is 4.46. The summed E-state index contributed by atoms with van der Waals surface area (Å²) in [6.45, 7) is 2.70. The highest BCUT2D eigenvalue weighted by Crippen LogP contribution is 2.06. The number of rotatable bonds is 5. The fraction of sp³-hybridized carbons (Fsp3) is 0.250. The summed E-state index contributed by atoms with van der Waals surface area (Å²) in [7, 11) is 0. The molecule has 0 saturated carbocycles. The standard InChI is InChI=1S/C16H18N2O/c1-2-5-13-7-9-14(10-8-13)12-18-16(19)15-6-3-4-11-17-15/h3-4,6-11H,2,5,12H2,1H3,(H,18,19). The van der Waals surface area contributed by atoms with Crippen LogP contribution in [0.2, 0.25) is 0 Å². The van der Waals surface area contributed by atoms with E-state index in [1.54, 1.807) is 24.4 Å². The van der Waals surface area contributed by atoms with Gasteiger partial charge in [-0.2, -0.15) is 0 Å². The number of nitrogens with zero attached hydrogens (tertiary/aromatic N) is 1. The second kappa shape index (κ2) is 6.69. The average molecular weight is 254 g/mol. The van der Waals surface area contributed by atoms with E-state index >= 15 is 0 Å². The van der Waals surface area contributed by atoms with Gasteiger partial charge < -0.3 is 5.32 Å². The van der Waals surface area contributed by atoms with Gasteiger partial charge in [0.05, 0.1) is 0 Å². The molecule has 1 heterocycles. The molecule has 0 aliphatic rings. The minimum Gasteiger partial charge on any atom is -0.347 e. The Morgan fingerprint density at radius 3 is 2.47 bits per heavy atom. The fourth-order valence-corrected chi connectivity index (χ4v) is 1.88. The molecular weight excluding hydrogens is 236 g/mol. The highest BCUT2D eigenvalue weighted by atomic mass is 16.1. The van der Waals surface area contributed by atoms with Crippen molar-refractivity contribution in [2.75, 3.05) is 0 Å². The zero-order valence-electron chi connectivity index (χ0n) is 11.1. The van der Waals surface area contributed by atoms with E-state index in [9.17, 15) is 4.79 Å². The number of aromatic nitrogens is 1. The monoisotopic (exact) mass is 254 g/mol. The Balaban J connectivity index is 1.90. The van der Waals surface area contributed by atoms with E-state index in [0.29, 0.717) is 12.2 Å². The molecule has 0 saturated heterocycles. The molecule has 1 amide bonds. The van der Waals surface area contributed by atoms with Crippen LogP contribution in [0.1, 0.15) is 35.0 Å². The van der Waals surface area contributed by atoms with E-state index in [2.05, 4.69) is 41.5 Å². The second-order valence-electron chi connectivity index (χ2n) is 4.46. The normalized spacial score (nSPS) is 10.2. The maximum Gasteiger partial charge on any atom is 0.270 e. The van der Waals surface area contributed by atoms with Crippen LogP contribution in [0.3, 0.4) is 0 Å². The smallest absolute Gasteiger partial charge is 0.270 e. The predicted molar refractivity (Wildman–Crippen MR) is 75.8 cm³/mol. The van der Waals surface area contributed by atoms with Crippen molar-refractivity contribution in [2.24, 2.45) is 0 Å². The van der Waals surface area contributed by atoms with E-state index in [0.717, 1.165) is 18.4 Å². The van der Waals surface area contributed by atoms with Gasteiger partial charge in [-0.1, -0.05) is 43.7 Å². The third-order valence-corrected chi connectivity index (χ3v) is 2.91. The molecule has 0 bridgehead atoms. The first-order valence-corrected chi connectivity index (χ1v) is 6.56. The summed E-state index contributed by atoms with van der Waals surface area (Å²) in [6.07, 6.45) is 3.87. The quantitative estimate of drug-likeness (QED) is 0.891. The third-order valence-electron chi connectivity index (χ3n) is 2.91. The van der Waals surface area contributed by atoms with Crippen LogP contribution in [0, 0.1) is 0 Å². The first-order chi connectivity index (χ1) is 9.29. The molecule has 19 heavy (non-hydrogen) atoms. The largest absolute Gasteiger partial charge is 0.347 e. The van der Waals surface area contributed by atoms with Crippen molar-refractivity contribution in [2.45, 2.75) is 26.3 Å². The maximum absolute atomic E-state index is 11.8. The summed E-state index contributed by atoms with van der Waals surface area (Å²) in [6, 6.07) is 13.7. The Morgan fingerprint density at radius 2 is 1.84 bits per heavy atom. The molecule has 0 radical (unpaired) electrons. The van der Waals surface area contributed by atoms with E-state index < -0.39 is 0 Å². The topological polar surface area (TPSA) is 42.0 Å². The Labute approximate surface area is 113 Å². The SMILES string of the molecule is CCCc1ccc(CNC(=O)c2ccccn2)cc1. The molecule has 98 valence electrons. The molecule has 2 aromatic rings. The molecule has 0 aliphatic carbocycles. The van der Waals surface area contributed by atoms with Crippen LogP contribution in [0.15, 0.2) is 48.7 Å². The summed E-state index contributed by atoms with van der Waals surface area (Å²) in [5.41, 5.74) is 2.89. The van der Waals surface area contributed by atoms with E-state index in [4.69, 9.17) is 0 Å². The van der Waals surface area contributed by atoms with Crippen LogP contribution in [0.4, 0.5) is 0 Å². The summed E-state index contributed by atoms with van der Waals surface area (Å²) < 4.78 is 0. The fourth-order valence-electron chi connectivity index (χ4n) is 1.88. The van der Waals surface area contributed by atoms with Gasteiger partial charge >= 0.3 is 0 Å². The van der Waals surface area contributed by atoms with Crippen LogP contribution in [-0.2, 0) is 13.0 Å². The van der Waals surface area contributed by atoms with Crippen molar-refractivity contribution in [3.63, 3.8) is 0 Å². The third kappa shape index (κ3) is 3.91. The predicted octanol–water partition coefficient (Wildman–Crippen LogP) is 2.96. The van der Waals surface area contributed by atoms with Crippen molar-refractivity contribution in [3.8, 4) is 0 Å². The first kappa shape index (κ1) is 13.3. The number of benzene rings is 1. The zero-order chi connectivity index (χ0) is 13.5. The first-order valence-electron chi connectivity index (χ1n) is 6.56. The van der Waals surface area contributed by atoms with E-state index in [1.807, 2.05) is 0 Å². The number of pyridine rings is 1. The van der Waals surface area contributed by atoms with Gasteiger partial charge in [-0.25, -0.2) is 0 Å². The Kier molecular flexibility index (Phi) is 4.67. The van der Waals surface area contributed by atoms with Crippen LogP contribution in [0.5, 0.6) is 0 Å². The van der Waals surface area contributed by atoms with Gasteiger partial charge in [0.2, 0.25) is 0 Å². The number of carbonyl (C=O) groups is 1. The minimum atomic E-state index is -0.141. The van der Waals surface area contributed by atoms with Gasteiger partial charge in [0.25, 0.3) is 5.91 Å². The summed E-state index contributed by atoms with van der Waals surface area (Å²) in [5, 5.41) is 2.87. The highest BCUT2D eigenvalue weighted by Gasteiger charge is 2.05. The lowest BCUT2D eigenvalue weighted by Gasteiger charge is -2.06. The lowest BCUT2D eigenvalue weighted by Crippen LogP contribution is -2.23. The molecule has 0 atom stereocenters. The average Bonchev–Trinajstić information content (AvgIpc) is 2.47. The van der Waals surface area contributed by atoms with Crippen LogP contribution in [-0.4, -0.2) is 10.9 Å². The van der Waals surface area contributed by atoms with E-state index in [1.165, 1.54) is 5.56 Å². The summed E-state index contributed by atoms with van der Waals surface area (Å²) >= 11 is 0.